The molecule has 0 aliphatic carbocycles. The van der Waals surface area contributed by atoms with Gasteiger partial charge in [-0.2, -0.15) is 0 Å². The summed E-state index contributed by atoms with van der Waals surface area (Å²) in [7, 11) is -2.11. The molecule has 35 heavy (non-hydrogen) atoms. The lowest BCUT2D eigenvalue weighted by Crippen LogP contribution is -2.52. The minimum atomic E-state index is -3.75. The molecule has 0 bridgehead atoms. The summed E-state index contributed by atoms with van der Waals surface area (Å²) in [4.78, 5) is 17.1. The van der Waals surface area contributed by atoms with Crippen molar-refractivity contribution in [1.29, 1.82) is 0 Å². The van der Waals surface area contributed by atoms with Gasteiger partial charge in [-0.3, -0.25) is 9.10 Å². The minimum Gasteiger partial charge on any atom is -0.495 e. The molecule has 1 heterocycles. The van der Waals surface area contributed by atoms with Gasteiger partial charge in [0.2, 0.25) is 15.9 Å². The van der Waals surface area contributed by atoms with Crippen LogP contribution in [0.25, 0.3) is 0 Å². The van der Waals surface area contributed by atoms with Gasteiger partial charge in [0.1, 0.15) is 18.0 Å². The Labute approximate surface area is 206 Å². The van der Waals surface area contributed by atoms with Crippen molar-refractivity contribution in [3.63, 3.8) is 0 Å². The van der Waals surface area contributed by atoms with E-state index in [1.165, 1.54) is 0 Å². The van der Waals surface area contributed by atoms with Crippen LogP contribution >= 0.6 is 0 Å². The number of amides is 1. The van der Waals surface area contributed by atoms with E-state index in [0.29, 0.717) is 43.4 Å². The topological polar surface area (TPSA) is 79.4 Å². The van der Waals surface area contributed by atoms with E-state index in [0.717, 1.165) is 22.0 Å². The van der Waals surface area contributed by atoms with E-state index < -0.39 is 10.0 Å². The Morgan fingerprint density at radius 2 is 1.46 bits per heavy atom. The molecule has 1 aliphatic heterocycles. The Bertz CT molecular complexity index is 1260. The van der Waals surface area contributed by atoms with Crippen molar-refractivity contribution in [1.82, 2.24) is 4.90 Å². The standard InChI is InChI=1S/C26H29N3O5S/c1-33-24-14-8-6-12-22(24)27-16-18-28(19-17-27)26(30)20-29(35(2,31)32)23-13-7-9-15-25(23)34-21-10-4-3-5-11-21/h3-15H,16-20H2,1-2H3. The molecular formula is C26H29N3O5S. The molecule has 0 unspecified atom stereocenters. The molecule has 0 spiro atoms. The van der Waals surface area contributed by atoms with Gasteiger partial charge in [0, 0.05) is 26.2 Å². The minimum absolute atomic E-state index is 0.260. The van der Waals surface area contributed by atoms with Crippen LogP contribution in [0, 0.1) is 0 Å². The van der Waals surface area contributed by atoms with Gasteiger partial charge in [-0.25, -0.2) is 8.42 Å². The first-order valence-corrected chi connectivity index (χ1v) is 13.2. The number of methoxy groups -OCH3 is 1. The van der Waals surface area contributed by atoms with Gasteiger partial charge >= 0.3 is 0 Å². The number of sulfonamides is 1. The average Bonchev–Trinajstić information content (AvgIpc) is 2.87. The van der Waals surface area contributed by atoms with Crippen molar-refractivity contribution in [3.05, 3.63) is 78.9 Å². The number of para-hydroxylation sites is 5. The fraction of sp³-hybridized carbons (Fsp3) is 0.269. The number of hydrogen-bond acceptors (Lipinski definition) is 6. The zero-order valence-electron chi connectivity index (χ0n) is 19.8. The van der Waals surface area contributed by atoms with Gasteiger partial charge in [0.15, 0.2) is 5.75 Å². The molecule has 0 saturated carbocycles. The largest absolute Gasteiger partial charge is 0.495 e. The maximum atomic E-state index is 13.2. The van der Waals surface area contributed by atoms with Crippen molar-refractivity contribution in [2.45, 2.75) is 0 Å². The van der Waals surface area contributed by atoms with Crippen molar-refractivity contribution >= 4 is 27.3 Å². The van der Waals surface area contributed by atoms with Crippen LogP contribution in [0.5, 0.6) is 17.2 Å². The maximum Gasteiger partial charge on any atom is 0.243 e. The van der Waals surface area contributed by atoms with E-state index in [2.05, 4.69) is 4.90 Å². The molecular weight excluding hydrogens is 466 g/mol. The van der Waals surface area contributed by atoms with Crippen LogP contribution in [0.15, 0.2) is 78.9 Å². The summed E-state index contributed by atoms with van der Waals surface area (Å²) in [5.41, 5.74) is 1.30. The fourth-order valence-corrected chi connectivity index (χ4v) is 4.91. The zero-order chi connectivity index (χ0) is 24.8. The number of rotatable bonds is 8. The van der Waals surface area contributed by atoms with Crippen molar-refractivity contribution in [3.8, 4) is 17.2 Å². The Kier molecular flexibility index (Phi) is 7.45. The molecule has 1 amide bonds. The highest BCUT2D eigenvalue weighted by Crippen LogP contribution is 2.34. The summed E-state index contributed by atoms with van der Waals surface area (Å²) in [5, 5.41) is 0. The highest BCUT2D eigenvalue weighted by molar-refractivity contribution is 7.92. The summed E-state index contributed by atoms with van der Waals surface area (Å²) in [5.74, 6) is 1.46. The van der Waals surface area contributed by atoms with Crippen LogP contribution in [-0.2, 0) is 14.8 Å². The second-order valence-electron chi connectivity index (χ2n) is 8.19. The smallest absolute Gasteiger partial charge is 0.243 e. The van der Waals surface area contributed by atoms with Crippen molar-refractivity contribution < 1.29 is 22.7 Å². The highest BCUT2D eigenvalue weighted by Gasteiger charge is 2.29. The first kappa shape index (κ1) is 24.4. The number of nitrogens with zero attached hydrogens (tertiary/aromatic N) is 3. The van der Waals surface area contributed by atoms with Crippen LogP contribution in [0.4, 0.5) is 11.4 Å². The number of benzene rings is 3. The Morgan fingerprint density at radius 1 is 0.857 bits per heavy atom. The molecule has 4 rings (SSSR count). The number of piperazine rings is 1. The zero-order valence-corrected chi connectivity index (χ0v) is 20.6. The Balaban J connectivity index is 1.49. The van der Waals surface area contributed by atoms with E-state index in [1.807, 2.05) is 42.5 Å². The van der Waals surface area contributed by atoms with Crippen LogP contribution in [0.3, 0.4) is 0 Å². The van der Waals surface area contributed by atoms with E-state index in [1.54, 1.807) is 48.4 Å². The first-order chi connectivity index (χ1) is 16.9. The van der Waals surface area contributed by atoms with E-state index in [9.17, 15) is 13.2 Å². The number of ether oxygens (including phenoxy) is 2. The first-order valence-electron chi connectivity index (χ1n) is 11.3. The lowest BCUT2D eigenvalue weighted by atomic mass is 10.2. The summed E-state index contributed by atoms with van der Waals surface area (Å²) in [6, 6.07) is 23.7. The lowest BCUT2D eigenvalue weighted by molar-refractivity contribution is -0.129. The third-order valence-corrected chi connectivity index (χ3v) is 6.97. The summed E-state index contributed by atoms with van der Waals surface area (Å²) in [6.07, 6.45) is 1.10. The molecule has 9 heteroatoms. The number of hydrogen-bond donors (Lipinski definition) is 0. The summed E-state index contributed by atoms with van der Waals surface area (Å²) in [6.45, 7) is 1.91. The van der Waals surface area contributed by atoms with Crippen LogP contribution < -0.4 is 18.7 Å². The van der Waals surface area contributed by atoms with Gasteiger partial charge in [0.25, 0.3) is 0 Å². The van der Waals surface area contributed by atoms with Crippen LogP contribution in [0.2, 0.25) is 0 Å². The normalized spacial score (nSPS) is 13.9. The SMILES string of the molecule is COc1ccccc1N1CCN(C(=O)CN(c2ccccc2Oc2ccccc2)S(C)(=O)=O)CC1. The van der Waals surface area contributed by atoms with E-state index >= 15 is 0 Å². The van der Waals surface area contributed by atoms with E-state index in [-0.39, 0.29) is 12.5 Å². The Hall–Kier alpha value is -3.72. The maximum absolute atomic E-state index is 13.2. The third-order valence-electron chi connectivity index (χ3n) is 5.84. The van der Waals surface area contributed by atoms with E-state index in [4.69, 9.17) is 9.47 Å². The second kappa shape index (κ2) is 10.7. The molecule has 0 radical (unpaired) electrons. The molecule has 184 valence electrons. The van der Waals surface area contributed by atoms with Gasteiger partial charge in [0.05, 0.1) is 24.7 Å². The number of carbonyl (C=O) groups is 1. The monoisotopic (exact) mass is 495 g/mol. The third kappa shape index (κ3) is 5.86. The number of carbonyl (C=O) groups excluding carboxylic acids is 1. The molecule has 3 aromatic carbocycles. The van der Waals surface area contributed by atoms with Crippen molar-refractivity contribution in [2.75, 3.05) is 55.3 Å². The van der Waals surface area contributed by atoms with Gasteiger partial charge < -0.3 is 19.3 Å². The highest BCUT2D eigenvalue weighted by atomic mass is 32.2. The van der Waals surface area contributed by atoms with Gasteiger partial charge in [-0.15, -0.1) is 0 Å². The fourth-order valence-electron chi connectivity index (χ4n) is 4.06. The average molecular weight is 496 g/mol. The second-order valence-corrected chi connectivity index (χ2v) is 10.1. The molecule has 0 atom stereocenters. The Morgan fingerprint density at radius 3 is 2.11 bits per heavy atom. The number of anilines is 2. The lowest BCUT2D eigenvalue weighted by Gasteiger charge is -2.37. The summed E-state index contributed by atoms with van der Waals surface area (Å²) >= 11 is 0. The van der Waals surface area contributed by atoms with Crippen LogP contribution in [-0.4, -0.2) is 65.3 Å². The molecule has 1 fully saturated rings. The molecule has 0 aromatic heterocycles. The molecule has 0 N–H and O–H groups in total. The molecule has 3 aromatic rings. The predicted molar refractivity (Wildman–Crippen MR) is 137 cm³/mol. The quantitative estimate of drug-likeness (QED) is 0.475. The van der Waals surface area contributed by atoms with Gasteiger partial charge in [-0.05, 0) is 36.4 Å². The molecule has 1 aliphatic rings. The summed E-state index contributed by atoms with van der Waals surface area (Å²) < 4.78 is 38.0. The van der Waals surface area contributed by atoms with Crippen molar-refractivity contribution in [2.24, 2.45) is 0 Å². The van der Waals surface area contributed by atoms with Gasteiger partial charge in [-0.1, -0.05) is 42.5 Å². The molecule has 1 saturated heterocycles. The predicted octanol–water partition coefficient (Wildman–Crippen LogP) is 3.60. The van der Waals surface area contributed by atoms with Crippen LogP contribution in [0.1, 0.15) is 0 Å². The molecule has 8 nitrogen and oxygen atoms in total.